The predicted octanol–water partition coefficient (Wildman–Crippen LogP) is 17.0. The summed E-state index contributed by atoms with van der Waals surface area (Å²) in [6.45, 7) is 4.88. The molecule has 0 saturated heterocycles. The van der Waals surface area contributed by atoms with E-state index in [2.05, 4.69) is 67.8 Å². The van der Waals surface area contributed by atoms with E-state index >= 15 is 0 Å². The number of esters is 1. The van der Waals surface area contributed by atoms with Crippen LogP contribution in [0.25, 0.3) is 0 Å². The van der Waals surface area contributed by atoms with Gasteiger partial charge in [0, 0.05) is 12.8 Å². The Labute approximate surface area is 397 Å². The lowest BCUT2D eigenvalue weighted by molar-refractivity contribution is -0.143. The van der Waals surface area contributed by atoms with Crippen LogP contribution in [-0.2, 0) is 14.3 Å². The van der Waals surface area contributed by atoms with E-state index in [0.29, 0.717) is 25.9 Å². The number of nitrogens with one attached hydrogen (secondary N) is 1. The van der Waals surface area contributed by atoms with Crippen molar-refractivity contribution in [2.75, 3.05) is 13.2 Å². The van der Waals surface area contributed by atoms with Crippen molar-refractivity contribution in [1.82, 2.24) is 5.32 Å². The van der Waals surface area contributed by atoms with Crippen LogP contribution in [0, 0.1) is 0 Å². The van der Waals surface area contributed by atoms with Crippen molar-refractivity contribution >= 4 is 11.9 Å². The van der Waals surface area contributed by atoms with Gasteiger partial charge in [0.15, 0.2) is 0 Å². The number of hydrogen-bond donors (Lipinski definition) is 3. The Hall–Kier alpha value is -2.18. The van der Waals surface area contributed by atoms with Crippen LogP contribution in [0.1, 0.15) is 284 Å². The summed E-state index contributed by atoms with van der Waals surface area (Å²) in [4.78, 5) is 24.5. The van der Waals surface area contributed by atoms with Crippen LogP contribution in [0.2, 0.25) is 0 Å². The maximum Gasteiger partial charge on any atom is 0.305 e. The molecule has 2 unspecified atom stereocenters. The second-order valence-corrected chi connectivity index (χ2v) is 18.9. The van der Waals surface area contributed by atoms with E-state index in [1.165, 1.54) is 161 Å². The smallest absolute Gasteiger partial charge is 0.305 e. The SMILES string of the molecule is CCCCCC/C=C\C/C=C\CCCCCCCCCC(=O)OCCCCC/C=C\C/C=C\CCCCCCCCCC(=O)NC(CO)C(O)CCCCCCCCCCCCCC. The average Bonchev–Trinajstić information content (AvgIpc) is 3.29. The van der Waals surface area contributed by atoms with Gasteiger partial charge in [0.2, 0.25) is 5.91 Å². The molecule has 1 amide bonds. The normalized spacial score (nSPS) is 13.0. The maximum absolute atomic E-state index is 12.4. The third kappa shape index (κ3) is 49.3. The van der Waals surface area contributed by atoms with E-state index in [4.69, 9.17) is 4.74 Å². The van der Waals surface area contributed by atoms with Gasteiger partial charge in [0.1, 0.15) is 0 Å². The van der Waals surface area contributed by atoms with E-state index in [1.54, 1.807) is 0 Å². The van der Waals surface area contributed by atoms with Crippen molar-refractivity contribution in [3.63, 3.8) is 0 Å². The van der Waals surface area contributed by atoms with E-state index in [9.17, 15) is 19.8 Å². The number of ether oxygens (including phenoxy) is 1. The number of hydrogen-bond acceptors (Lipinski definition) is 5. The van der Waals surface area contributed by atoms with Crippen molar-refractivity contribution in [3.8, 4) is 0 Å². The zero-order valence-corrected chi connectivity index (χ0v) is 42.5. The number of aliphatic hydroxyl groups excluding tert-OH is 2. The first-order chi connectivity index (χ1) is 31.5. The summed E-state index contributed by atoms with van der Waals surface area (Å²) in [5.41, 5.74) is 0. The molecule has 0 aliphatic heterocycles. The fourth-order valence-electron chi connectivity index (χ4n) is 8.29. The van der Waals surface area contributed by atoms with E-state index < -0.39 is 12.1 Å². The third-order valence-electron chi connectivity index (χ3n) is 12.6. The largest absolute Gasteiger partial charge is 0.466 e. The van der Waals surface area contributed by atoms with Gasteiger partial charge in [-0.25, -0.2) is 0 Å². The number of unbranched alkanes of at least 4 members (excludes halogenated alkanes) is 32. The minimum absolute atomic E-state index is 0.0234. The number of amides is 1. The van der Waals surface area contributed by atoms with E-state index in [0.717, 1.165) is 89.9 Å². The second-order valence-electron chi connectivity index (χ2n) is 18.9. The van der Waals surface area contributed by atoms with E-state index in [1.807, 2.05) is 0 Å². The van der Waals surface area contributed by atoms with E-state index in [-0.39, 0.29) is 18.5 Å². The molecule has 0 radical (unpaired) electrons. The Morgan fingerprint density at radius 1 is 0.438 bits per heavy atom. The number of aliphatic hydroxyl groups is 2. The number of rotatable bonds is 51. The monoisotopic (exact) mass is 898 g/mol. The summed E-state index contributed by atoms with van der Waals surface area (Å²) in [7, 11) is 0. The van der Waals surface area contributed by atoms with Gasteiger partial charge in [-0.05, 0) is 96.3 Å². The molecule has 64 heavy (non-hydrogen) atoms. The van der Waals surface area contributed by atoms with Crippen LogP contribution in [0.15, 0.2) is 48.6 Å². The molecule has 0 aliphatic rings. The molecule has 0 spiro atoms. The zero-order chi connectivity index (χ0) is 46.5. The molecule has 0 aromatic heterocycles. The molecule has 0 aromatic carbocycles. The fraction of sp³-hybridized carbons (Fsp3) is 0.828. The molecule has 0 aromatic rings. The number of carbonyl (C=O) groups is 2. The molecule has 0 fully saturated rings. The zero-order valence-electron chi connectivity index (χ0n) is 42.5. The molecule has 6 nitrogen and oxygen atoms in total. The van der Waals surface area contributed by atoms with Crippen molar-refractivity contribution in [3.05, 3.63) is 48.6 Å². The van der Waals surface area contributed by atoms with Gasteiger partial charge in [-0.2, -0.15) is 0 Å². The first-order valence-corrected chi connectivity index (χ1v) is 27.9. The Morgan fingerprint density at radius 2 is 0.781 bits per heavy atom. The highest BCUT2D eigenvalue weighted by Crippen LogP contribution is 2.16. The molecule has 0 saturated carbocycles. The van der Waals surface area contributed by atoms with Crippen LogP contribution < -0.4 is 5.32 Å². The van der Waals surface area contributed by atoms with Crippen molar-refractivity contribution in [2.45, 2.75) is 296 Å². The predicted molar refractivity (Wildman–Crippen MR) is 278 cm³/mol. The Balaban J connectivity index is 3.50. The Bertz CT molecular complexity index is 1080. The Kier molecular flexibility index (Phi) is 51.6. The van der Waals surface area contributed by atoms with Gasteiger partial charge >= 0.3 is 5.97 Å². The summed E-state index contributed by atoms with van der Waals surface area (Å²) < 4.78 is 5.46. The first kappa shape index (κ1) is 61.8. The van der Waals surface area contributed by atoms with Gasteiger partial charge in [-0.15, -0.1) is 0 Å². The highest BCUT2D eigenvalue weighted by Gasteiger charge is 2.20. The average molecular weight is 898 g/mol. The van der Waals surface area contributed by atoms with Crippen LogP contribution >= 0.6 is 0 Å². The standard InChI is InChI=1S/C58H107NO5/c1-3-5-7-9-11-13-15-17-18-19-22-25-28-32-36-40-44-48-52-58(63)64-53-49-45-41-37-33-29-26-23-20-21-24-27-31-35-39-43-47-51-57(62)59-55(54-60)56(61)50-46-42-38-34-30-16-14-12-10-8-6-4-2/h13,15,18-20,23,29,33,55-56,60-61H,3-12,14,16-17,21-22,24-28,30-32,34-54H2,1-2H3,(H,59,62)/b15-13-,19-18-,23-20-,33-29-. The van der Waals surface area contributed by atoms with Gasteiger partial charge in [0.25, 0.3) is 0 Å². The van der Waals surface area contributed by atoms with Crippen LogP contribution in [0.4, 0.5) is 0 Å². The van der Waals surface area contributed by atoms with Crippen molar-refractivity contribution in [1.29, 1.82) is 0 Å². The molecule has 374 valence electrons. The number of allylic oxidation sites excluding steroid dienone is 8. The van der Waals surface area contributed by atoms with Gasteiger partial charge in [-0.1, -0.05) is 223 Å². The Morgan fingerprint density at radius 3 is 1.20 bits per heavy atom. The van der Waals surface area contributed by atoms with Crippen molar-refractivity contribution < 1.29 is 24.5 Å². The molecule has 0 aliphatic carbocycles. The molecule has 6 heteroatoms. The highest BCUT2D eigenvalue weighted by atomic mass is 16.5. The first-order valence-electron chi connectivity index (χ1n) is 27.9. The van der Waals surface area contributed by atoms with Gasteiger partial charge in [0.05, 0.1) is 25.4 Å². The molecule has 0 bridgehead atoms. The van der Waals surface area contributed by atoms with Crippen molar-refractivity contribution in [2.24, 2.45) is 0 Å². The lowest BCUT2D eigenvalue weighted by Gasteiger charge is -2.22. The topological polar surface area (TPSA) is 95.9 Å². The van der Waals surface area contributed by atoms with Crippen LogP contribution in [0.5, 0.6) is 0 Å². The summed E-state index contributed by atoms with van der Waals surface area (Å²) in [5.74, 6) is -0.0762. The third-order valence-corrected chi connectivity index (χ3v) is 12.6. The van der Waals surface area contributed by atoms with Crippen LogP contribution in [0.3, 0.4) is 0 Å². The molecule has 2 atom stereocenters. The molecule has 3 N–H and O–H groups in total. The second kappa shape index (κ2) is 53.4. The minimum atomic E-state index is -0.675. The van der Waals surface area contributed by atoms with Gasteiger partial charge in [-0.3, -0.25) is 9.59 Å². The quantitative estimate of drug-likeness (QED) is 0.0321. The summed E-state index contributed by atoms with van der Waals surface area (Å²) >= 11 is 0. The lowest BCUT2D eigenvalue weighted by Crippen LogP contribution is -2.45. The number of carbonyl (C=O) groups excluding carboxylic acids is 2. The fourth-order valence-corrected chi connectivity index (χ4v) is 8.29. The lowest BCUT2D eigenvalue weighted by atomic mass is 10.0. The highest BCUT2D eigenvalue weighted by molar-refractivity contribution is 5.76. The maximum atomic E-state index is 12.4. The molecule has 0 rings (SSSR count). The summed E-state index contributed by atoms with van der Waals surface area (Å²) in [5, 5.41) is 23.2. The molecule has 0 heterocycles. The van der Waals surface area contributed by atoms with Crippen LogP contribution in [-0.4, -0.2) is 47.4 Å². The molecular formula is C58H107NO5. The summed E-state index contributed by atoms with van der Waals surface area (Å²) in [6.07, 6.45) is 66.6. The molecular weight excluding hydrogens is 791 g/mol. The van der Waals surface area contributed by atoms with Gasteiger partial charge < -0.3 is 20.3 Å². The summed E-state index contributed by atoms with van der Waals surface area (Å²) in [6, 6.07) is -0.554. The minimum Gasteiger partial charge on any atom is -0.466 e.